The van der Waals surface area contributed by atoms with Crippen LogP contribution in [0.15, 0.2) is 11.4 Å². The zero-order valence-electron chi connectivity index (χ0n) is 11.2. The number of hydrogen-bond acceptors (Lipinski definition) is 4. The van der Waals surface area contributed by atoms with Crippen molar-refractivity contribution in [3.05, 3.63) is 31.6 Å². The zero-order chi connectivity index (χ0) is 14.0. The van der Waals surface area contributed by atoms with Gasteiger partial charge in [0.2, 0.25) is 0 Å². The van der Waals surface area contributed by atoms with Gasteiger partial charge in [0.15, 0.2) is 0 Å². The van der Waals surface area contributed by atoms with Crippen molar-refractivity contribution in [2.45, 2.75) is 65.2 Å². The van der Waals surface area contributed by atoms with E-state index in [0.29, 0.717) is 18.4 Å². The third-order valence-electron chi connectivity index (χ3n) is 2.83. The lowest BCUT2D eigenvalue weighted by atomic mass is 10.0. The second-order valence-electron chi connectivity index (χ2n) is 4.36. The van der Waals surface area contributed by atoms with Crippen LogP contribution in [0.5, 0.6) is 0 Å². The smallest absolute Gasteiger partial charge is 0.253 e. The van der Waals surface area contributed by atoms with Crippen LogP contribution in [0.4, 0.5) is 0 Å². The Bertz CT molecular complexity index is 285. The number of nitro groups is 2. The van der Waals surface area contributed by atoms with Gasteiger partial charge in [-0.15, -0.1) is 0 Å². The molecule has 0 aliphatic heterocycles. The van der Waals surface area contributed by atoms with Gasteiger partial charge >= 0.3 is 5.82 Å². The molecule has 104 valence electrons. The fraction of sp³-hybridized carbons (Fsp3) is 0.833. The largest absolute Gasteiger partial charge is 0.557 e. The van der Waals surface area contributed by atoms with Crippen LogP contribution in [0.25, 0.3) is 0 Å². The molecule has 0 radical (unpaired) electrons. The van der Waals surface area contributed by atoms with E-state index in [9.17, 15) is 20.2 Å². The minimum Gasteiger partial charge on any atom is -0.253 e. The molecule has 0 saturated carbocycles. The van der Waals surface area contributed by atoms with Crippen LogP contribution < -0.4 is 0 Å². The average molecular weight is 258 g/mol. The summed E-state index contributed by atoms with van der Waals surface area (Å²) in [5.41, 5.74) is 0.395. The summed E-state index contributed by atoms with van der Waals surface area (Å²) < 4.78 is 0. The predicted molar refractivity (Wildman–Crippen MR) is 69.3 cm³/mol. The maximum atomic E-state index is 10.8. The SMILES string of the molecule is CCCCCC(CCCCC)=C([N+](=O)[O-])[N+](=O)[O-]. The first-order valence-corrected chi connectivity index (χ1v) is 6.55. The molecule has 0 aromatic carbocycles. The highest BCUT2D eigenvalue weighted by Gasteiger charge is 2.30. The molecular formula is C12H22N2O4. The highest BCUT2D eigenvalue weighted by atomic mass is 16.7. The Labute approximate surface area is 107 Å². The molecule has 0 aromatic rings. The summed E-state index contributed by atoms with van der Waals surface area (Å²) >= 11 is 0. The molecule has 0 aliphatic rings. The Morgan fingerprint density at radius 3 is 1.50 bits per heavy atom. The molecule has 0 rings (SSSR count). The molecule has 0 heterocycles. The zero-order valence-corrected chi connectivity index (χ0v) is 11.2. The number of unbranched alkanes of at least 4 members (excludes halogenated alkanes) is 4. The van der Waals surface area contributed by atoms with E-state index >= 15 is 0 Å². The Balaban J connectivity index is 4.82. The van der Waals surface area contributed by atoms with Gasteiger partial charge in [-0.2, -0.15) is 0 Å². The monoisotopic (exact) mass is 258 g/mol. The summed E-state index contributed by atoms with van der Waals surface area (Å²) in [6, 6.07) is 0. The van der Waals surface area contributed by atoms with E-state index in [-0.39, 0.29) is 0 Å². The van der Waals surface area contributed by atoms with Crippen molar-refractivity contribution in [3.63, 3.8) is 0 Å². The van der Waals surface area contributed by atoms with Gasteiger partial charge < -0.3 is 0 Å². The highest BCUT2D eigenvalue weighted by molar-refractivity contribution is 5.02. The lowest BCUT2D eigenvalue weighted by Crippen LogP contribution is -2.13. The molecular weight excluding hydrogens is 236 g/mol. The van der Waals surface area contributed by atoms with Crippen LogP contribution in [0.3, 0.4) is 0 Å². The van der Waals surface area contributed by atoms with E-state index in [1.54, 1.807) is 0 Å². The fourth-order valence-electron chi connectivity index (χ4n) is 1.85. The topological polar surface area (TPSA) is 86.3 Å². The Hall–Kier alpha value is -1.46. The summed E-state index contributed by atoms with van der Waals surface area (Å²) in [4.78, 5) is 19.8. The summed E-state index contributed by atoms with van der Waals surface area (Å²) in [6.07, 6.45) is 6.37. The van der Waals surface area contributed by atoms with E-state index in [4.69, 9.17) is 0 Å². The molecule has 0 bridgehead atoms. The van der Waals surface area contributed by atoms with Gasteiger partial charge in [-0.25, -0.2) is 0 Å². The maximum absolute atomic E-state index is 10.8. The second-order valence-corrected chi connectivity index (χ2v) is 4.36. The summed E-state index contributed by atoms with van der Waals surface area (Å²) in [7, 11) is 0. The third-order valence-corrected chi connectivity index (χ3v) is 2.83. The van der Waals surface area contributed by atoms with Gasteiger partial charge in [0, 0.05) is 0 Å². The Morgan fingerprint density at radius 1 is 0.833 bits per heavy atom. The molecule has 0 N–H and O–H groups in total. The molecule has 0 saturated heterocycles. The second kappa shape index (κ2) is 9.56. The molecule has 0 unspecified atom stereocenters. The summed E-state index contributed by atoms with van der Waals surface area (Å²) in [5.74, 6) is -0.804. The van der Waals surface area contributed by atoms with Crippen LogP contribution in [-0.2, 0) is 0 Å². The molecule has 0 fully saturated rings. The molecule has 6 heteroatoms. The van der Waals surface area contributed by atoms with E-state index in [1.165, 1.54) is 0 Å². The van der Waals surface area contributed by atoms with Crippen molar-refractivity contribution in [1.82, 2.24) is 0 Å². The third kappa shape index (κ3) is 6.32. The van der Waals surface area contributed by atoms with Gasteiger partial charge in [0.05, 0.1) is 5.57 Å². The molecule has 0 amide bonds. The average Bonchev–Trinajstić information content (AvgIpc) is 2.28. The molecule has 0 aliphatic carbocycles. The number of hydrogen-bond donors (Lipinski definition) is 0. The van der Waals surface area contributed by atoms with Crippen molar-refractivity contribution < 1.29 is 9.85 Å². The summed E-state index contributed by atoms with van der Waals surface area (Å²) in [6.45, 7) is 4.06. The van der Waals surface area contributed by atoms with Crippen molar-refractivity contribution in [1.29, 1.82) is 0 Å². The first-order chi connectivity index (χ1) is 8.54. The molecule has 0 atom stereocenters. The Morgan fingerprint density at radius 2 is 1.22 bits per heavy atom. The van der Waals surface area contributed by atoms with E-state index in [1.807, 2.05) is 13.8 Å². The number of nitrogens with zero attached hydrogens (tertiary/aromatic N) is 2. The first kappa shape index (κ1) is 16.5. The van der Waals surface area contributed by atoms with E-state index in [2.05, 4.69) is 0 Å². The number of allylic oxidation sites excluding steroid dienone is 1. The highest BCUT2D eigenvalue weighted by Crippen LogP contribution is 2.21. The molecule has 0 aromatic heterocycles. The standard InChI is InChI=1S/C12H22N2O4/c1-3-5-7-9-11(10-8-6-4-2)12(13(15)16)14(17)18/h3-10H2,1-2H3. The minimum atomic E-state index is -0.854. The lowest BCUT2D eigenvalue weighted by molar-refractivity contribution is -0.617. The van der Waals surface area contributed by atoms with Gasteiger partial charge in [-0.05, 0) is 25.7 Å². The van der Waals surface area contributed by atoms with Crippen molar-refractivity contribution in [2.75, 3.05) is 0 Å². The molecule has 18 heavy (non-hydrogen) atoms. The summed E-state index contributed by atoms with van der Waals surface area (Å²) in [5, 5.41) is 21.5. The van der Waals surface area contributed by atoms with E-state index in [0.717, 1.165) is 38.5 Å². The number of rotatable bonds is 10. The predicted octanol–water partition coefficient (Wildman–Crippen LogP) is 3.91. The maximum Gasteiger partial charge on any atom is 0.557 e. The van der Waals surface area contributed by atoms with E-state index < -0.39 is 15.7 Å². The molecule has 6 nitrogen and oxygen atoms in total. The van der Waals surface area contributed by atoms with Gasteiger partial charge in [-0.3, -0.25) is 20.2 Å². The fourth-order valence-corrected chi connectivity index (χ4v) is 1.85. The quantitative estimate of drug-likeness (QED) is 0.337. The van der Waals surface area contributed by atoms with Crippen LogP contribution in [-0.4, -0.2) is 9.85 Å². The van der Waals surface area contributed by atoms with Crippen LogP contribution in [0.1, 0.15) is 65.2 Å². The van der Waals surface area contributed by atoms with Gasteiger partial charge in [0.1, 0.15) is 9.85 Å². The van der Waals surface area contributed by atoms with Crippen molar-refractivity contribution in [2.24, 2.45) is 0 Å². The Kier molecular flexibility index (Phi) is 8.78. The van der Waals surface area contributed by atoms with Crippen molar-refractivity contribution >= 4 is 0 Å². The van der Waals surface area contributed by atoms with Gasteiger partial charge in [0.25, 0.3) is 0 Å². The molecule has 0 spiro atoms. The van der Waals surface area contributed by atoms with Gasteiger partial charge in [-0.1, -0.05) is 39.5 Å². The van der Waals surface area contributed by atoms with Crippen molar-refractivity contribution in [3.8, 4) is 0 Å². The first-order valence-electron chi connectivity index (χ1n) is 6.55. The van der Waals surface area contributed by atoms with Crippen LogP contribution >= 0.6 is 0 Å². The normalized spacial score (nSPS) is 10.1. The lowest BCUT2D eigenvalue weighted by Gasteiger charge is -2.04. The minimum absolute atomic E-state index is 0.395. The van der Waals surface area contributed by atoms with Crippen LogP contribution in [0, 0.1) is 20.2 Å². The van der Waals surface area contributed by atoms with Crippen LogP contribution in [0.2, 0.25) is 0 Å².